The zero-order valence-electron chi connectivity index (χ0n) is 8.23. The Balaban J connectivity index is 2.25. The SMILES string of the molecule is COc1nc(N2CCC(=O)C2)ncc1Br. The molecule has 1 fully saturated rings. The molecule has 0 aliphatic carbocycles. The smallest absolute Gasteiger partial charge is 0.232 e. The van der Waals surface area contributed by atoms with Crippen molar-refractivity contribution in [2.24, 2.45) is 0 Å². The fourth-order valence-electron chi connectivity index (χ4n) is 1.44. The van der Waals surface area contributed by atoms with E-state index in [1.165, 1.54) is 0 Å². The van der Waals surface area contributed by atoms with Gasteiger partial charge in [-0.25, -0.2) is 4.98 Å². The van der Waals surface area contributed by atoms with Gasteiger partial charge in [-0.3, -0.25) is 4.79 Å². The Morgan fingerprint density at radius 2 is 2.40 bits per heavy atom. The highest BCUT2D eigenvalue weighted by atomic mass is 79.9. The first-order valence-electron chi connectivity index (χ1n) is 4.54. The van der Waals surface area contributed by atoms with Crippen LogP contribution in [0.5, 0.6) is 5.88 Å². The van der Waals surface area contributed by atoms with E-state index >= 15 is 0 Å². The molecule has 1 saturated heterocycles. The zero-order chi connectivity index (χ0) is 10.8. The maximum Gasteiger partial charge on any atom is 0.232 e. The number of aromatic nitrogens is 2. The maximum atomic E-state index is 11.1. The molecule has 80 valence electrons. The molecule has 0 spiro atoms. The molecule has 0 atom stereocenters. The molecule has 1 aliphatic rings. The summed E-state index contributed by atoms with van der Waals surface area (Å²) in [5.74, 6) is 1.25. The summed E-state index contributed by atoms with van der Waals surface area (Å²) < 4.78 is 5.77. The van der Waals surface area contributed by atoms with Crippen molar-refractivity contribution in [2.75, 3.05) is 25.1 Å². The number of ether oxygens (including phenoxy) is 1. The van der Waals surface area contributed by atoms with Crippen molar-refractivity contribution in [1.29, 1.82) is 0 Å². The van der Waals surface area contributed by atoms with Gasteiger partial charge < -0.3 is 9.64 Å². The van der Waals surface area contributed by atoms with Crippen LogP contribution in [0.15, 0.2) is 10.7 Å². The van der Waals surface area contributed by atoms with Gasteiger partial charge in [-0.05, 0) is 15.9 Å². The number of carbonyl (C=O) groups excluding carboxylic acids is 1. The van der Waals surface area contributed by atoms with E-state index < -0.39 is 0 Å². The summed E-state index contributed by atoms with van der Waals surface area (Å²) >= 11 is 3.28. The number of rotatable bonds is 2. The van der Waals surface area contributed by atoms with Gasteiger partial charge in [-0.1, -0.05) is 0 Å². The summed E-state index contributed by atoms with van der Waals surface area (Å²) in [7, 11) is 1.55. The lowest BCUT2D eigenvalue weighted by Crippen LogP contribution is -2.22. The first-order valence-corrected chi connectivity index (χ1v) is 5.33. The van der Waals surface area contributed by atoms with Gasteiger partial charge in [0.25, 0.3) is 0 Å². The topological polar surface area (TPSA) is 55.3 Å². The molecule has 0 aromatic carbocycles. The van der Waals surface area contributed by atoms with Crippen LogP contribution < -0.4 is 9.64 Å². The number of ketones is 1. The van der Waals surface area contributed by atoms with Crippen molar-refractivity contribution in [3.05, 3.63) is 10.7 Å². The standard InChI is InChI=1S/C9H10BrN3O2/c1-15-8-7(10)4-11-9(12-8)13-3-2-6(14)5-13/h4H,2-3,5H2,1H3. The summed E-state index contributed by atoms with van der Waals surface area (Å²) in [6.07, 6.45) is 2.20. The average Bonchev–Trinajstić information content (AvgIpc) is 2.66. The minimum atomic E-state index is 0.223. The lowest BCUT2D eigenvalue weighted by atomic mass is 10.4. The molecule has 0 radical (unpaired) electrons. The number of carbonyl (C=O) groups is 1. The Morgan fingerprint density at radius 1 is 1.60 bits per heavy atom. The summed E-state index contributed by atoms with van der Waals surface area (Å²) in [4.78, 5) is 21.3. The van der Waals surface area contributed by atoms with E-state index in [0.29, 0.717) is 35.8 Å². The Morgan fingerprint density at radius 3 is 3.00 bits per heavy atom. The van der Waals surface area contributed by atoms with Gasteiger partial charge in [0.15, 0.2) is 5.78 Å². The molecule has 5 nitrogen and oxygen atoms in total. The molecule has 0 saturated carbocycles. The van der Waals surface area contributed by atoms with E-state index in [4.69, 9.17) is 4.74 Å². The van der Waals surface area contributed by atoms with Crippen LogP contribution in [0.4, 0.5) is 5.95 Å². The van der Waals surface area contributed by atoms with Crippen LogP contribution in [-0.2, 0) is 4.79 Å². The Hall–Kier alpha value is -1.17. The van der Waals surface area contributed by atoms with E-state index in [9.17, 15) is 4.79 Å². The van der Waals surface area contributed by atoms with E-state index in [1.54, 1.807) is 13.3 Å². The highest BCUT2D eigenvalue weighted by Crippen LogP contribution is 2.24. The summed E-state index contributed by atoms with van der Waals surface area (Å²) in [5, 5.41) is 0. The molecule has 1 aliphatic heterocycles. The summed E-state index contributed by atoms with van der Waals surface area (Å²) in [5.41, 5.74) is 0. The number of Topliss-reactive ketones (excluding diaryl/α,β-unsaturated/α-hetero) is 1. The predicted molar refractivity (Wildman–Crippen MR) is 58.1 cm³/mol. The van der Waals surface area contributed by atoms with Gasteiger partial charge in [0.2, 0.25) is 11.8 Å². The predicted octanol–water partition coefficient (Wildman–Crippen LogP) is 1.03. The third-order valence-corrected chi connectivity index (χ3v) is 2.75. The summed E-state index contributed by atoms with van der Waals surface area (Å²) in [6.45, 7) is 1.08. The Bertz CT molecular complexity index is 397. The normalized spacial score (nSPS) is 15.9. The quantitative estimate of drug-likeness (QED) is 0.804. The summed E-state index contributed by atoms with van der Waals surface area (Å²) in [6, 6.07) is 0. The van der Waals surface area contributed by atoms with Crippen molar-refractivity contribution in [1.82, 2.24) is 9.97 Å². The highest BCUT2D eigenvalue weighted by molar-refractivity contribution is 9.10. The van der Waals surface area contributed by atoms with Crippen LogP contribution in [0, 0.1) is 0 Å². The molecule has 2 rings (SSSR count). The molecule has 0 bridgehead atoms. The second kappa shape index (κ2) is 4.14. The fraction of sp³-hybridized carbons (Fsp3) is 0.444. The van der Waals surface area contributed by atoms with Crippen LogP contribution in [-0.4, -0.2) is 36.0 Å². The zero-order valence-corrected chi connectivity index (χ0v) is 9.82. The third kappa shape index (κ3) is 2.09. The first-order chi connectivity index (χ1) is 7.20. The lowest BCUT2D eigenvalue weighted by molar-refractivity contribution is -0.116. The lowest BCUT2D eigenvalue weighted by Gasteiger charge is -2.14. The molecule has 0 N–H and O–H groups in total. The third-order valence-electron chi connectivity index (χ3n) is 2.20. The minimum Gasteiger partial charge on any atom is -0.480 e. The molecular formula is C9H10BrN3O2. The first kappa shape index (κ1) is 10.4. The van der Waals surface area contributed by atoms with E-state index in [-0.39, 0.29) is 5.78 Å². The number of anilines is 1. The van der Waals surface area contributed by atoms with Crippen LogP contribution in [0.1, 0.15) is 6.42 Å². The van der Waals surface area contributed by atoms with Crippen molar-refractivity contribution in [3.8, 4) is 5.88 Å². The molecule has 0 unspecified atom stereocenters. The maximum absolute atomic E-state index is 11.1. The van der Waals surface area contributed by atoms with Crippen LogP contribution >= 0.6 is 15.9 Å². The average molecular weight is 272 g/mol. The van der Waals surface area contributed by atoms with E-state index in [2.05, 4.69) is 25.9 Å². The molecule has 15 heavy (non-hydrogen) atoms. The second-order valence-electron chi connectivity index (χ2n) is 3.24. The van der Waals surface area contributed by atoms with Crippen LogP contribution in [0.3, 0.4) is 0 Å². The van der Waals surface area contributed by atoms with Crippen molar-refractivity contribution in [2.45, 2.75) is 6.42 Å². The van der Waals surface area contributed by atoms with Gasteiger partial charge in [-0.15, -0.1) is 0 Å². The molecular weight excluding hydrogens is 262 g/mol. The van der Waals surface area contributed by atoms with Crippen LogP contribution in [0.25, 0.3) is 0 Å². The fourth-order valence-corrected chi connectivity index (χ4v) is 1.79. The van der Waals surface area contributed by atoms with Crippen molar-refractivity contribution in [3.63, 3.8) is 0 Å². The second-order valence-corrected chi connectivity index (χ2v) is 4.09. The van der Waals surface area contributed by atoms with E-state index in [1.807, 2.05) is 4.90 Å². The number of nitrogens with zero attached hydrogens (tertiary/aromatic N) is 3. The molecule has 6 heteroatoms. The van der Waals surface area contributed by atoms with Gasteiger partial charge in [-0.2, -0.15) is 4.98 Å². The molecule has 1 aromatic heterocycles. The monoisotopic (exact) mass is 271 g/mol. The van der Waals surface area contributed by atoms with Gasteiger partial charge in [0, 0.05) is 13.0 Å². The Kier molecular flexibility index (Phi) is 2.86. The minimum absolute atomic E-state index is 0.223. The van der Waals surface area contributed by atoms with E-state index in [0.717, 1.165) is 0 Å². The van der Waals surface area contributed by atoms with Crippen molar-refractivity contribution < 1.29 is 9.53 Å². The number of halogens is 1. The largest absolute Gasteiger partial charge is 0.480 e. The van der Waals surface area contributed by atoms with Crippen LogP contribution in [0.2, 0.25) is 0 Å². The molecule has 0 amide bonds. The number of methoxy groups -OCH3 is 1. The van der Waals surface area contributed by atoms with Gasteiger partial charge >= 0.3 is 0 Å². The highest BCUT2D eigenvalue weighted by Gasteiger charge is 2.22. The molecule has 2 heterocycles. The van der Waals surface area contributed by atoms with Gasteiger partial charge in [0.05, 0.1) is 24.3 Å². The van der Waals surface area contributed by atoms with Crippen molar-refractivity contribution >= 4 is 27.7 Å². The van der Waals surface area contributed by atoms with Gasteiger partial charge in [0.1, 0.15) is 0 Å². The number of hydrogen-bond donors (Lipinski definition) is 0. The number of hydrogen-bond acceptors (Lipinski definition) is 5. The molecule has 1 aromatic rings. The Labute approximate surface area is 95.6 Å².